The molecule has 0 amide bonds. The summed E-state index contributed by atoms with van der Waals surface area (Å²) in [5.41, 5.74) is 6.43. The van der Waals surface area contributed by atoms with Gasteiger partial charge in [0.05, 0.1) is 6.67 Å². The second-order valence-electron chi connectivity index (χ2n) is 2.79. The number of rotatable bonds is 3. The average molecular weight is 285 g/mol. The molecule has 5 heteroatoms. The molecule has 3 N–H and O–H groups in total. The standard InChI is InChI=1S/C9H11BrFNO.ClH/c10-8-2-1-6(13)5-7(8)9(12)3-4-11;/h1-2,5,9,13H,3-4,12H2;1H/t9-;/m0./s1. The molecule has 0 spiro atoms. The van der Waals surface area contributed by atoms with E-state index in [1.165, 1.54) is 0 Å². The number of alkyl halides is 1. The first-order valence-electron chi connectivity index (χ1n) is 3.95. The summed E-state index contributed by atoms with van der Waals surface area (Å²) in [5.74, 6) is 0.146. The van der Waals surface area contributed by atoms with Crippen LogP contribution in [0.25, 0.3) is 0 Å². The lowest BCUT2D eigenvalue weighted by Crippen LogP contribution is -2.11. The Bertz CT molecular complexity index is 298. The molecule has 0 aliphatic heterocycles. The smallest absolute Gasteiger partial charge is 0.115 e. The molecule has 1 aromatic carbocycles. The van der Waals surface area contributed by atoms with Gasteiger partial charge in [0.25, 0.3) is 0 Å². The first-order valence-corrected chi connectivity index (χ1v) is 4.74. The van der Waals surface area contributed by atoms with Gasteiger partial charge in [0, 0.05) is 10.5 Å². The molecule has 0 bridgehead atoms. The Balaban J connectivity index is 0.00000169. The molecule has 80 valence electrons. The lowest BCUT2D eigenvalue weighted by Gasteiger charge is -2.12. The van der Waals surface area contributed by atoms with Crippen LogP contribution >= 0.6 is 28.3 Å². The molecule has 0 heterocycles. The highest BCUT2D eigenvalue weighted by Gasteiger charge is 2.09. The fourth-order valence-electron chi connectivity index (χ4n) is 1.09. The molecule has 0 unspecified atom stereocenters. The molecule has 0 fully saturated rings. The van der Waals surface area contributed by atoms with E-state index >= 15 is 0 Å². The second kappa shape index (κ2) is 6.22. The van der Waals surface area contributed by atoms with Gasteiger partial charge >= 0.3 is 0 Å². The van der Waals surface area contributed by atoms with Crippen molar-refractivity contribution in [3.05, 3.63) is 28.2 Å². The molecule has 2 nitrogen and oxygen atoms in total. The Kier molecular flexibility index (Phi) is 6.08. The van der Waals surface area contributed by atoms with Crippen LogP contribution in [-0.2, 0) is 0 Å². The second-order valence-corrected chi connectivity index (χ2v) is 3.64. The SMILES string of the molecule is Cl.N[C@@H](CCF)c1cc(O)ccc1Br. The minimum Gasteiger partial charge on any atom is -0.508 e. The molecular formula is C9H12BrClFNO. The van der Waals surface area contributed by atoms with E-state index in [2.05, 4.69) is 15.9 Å². The van der Waals surface area contributed by atoms with Gasteiger partial charge in [0.15, 0.2) is 0 Å². The highest BCUT2D eigenvalue weighted by molar-refractivity contribution is 9.10. The van der Waals surface area contributed by atoms with Crippen LogP contribution in [0.15, 0.2) is 22.7 Å². The Morgan fingerprint density at radius 1 is 1.50 bits per heavy atom. The Labute approximate surface area is 96.8 Å². The van der Waals surface area contributed by atoms with Gasteiger partial charge in [-0.1, -0.05) is 15.9 Å². The van der Waals surface area contributed by atoms with Crippen molar-refractivity contribution in [1.29, 1.82) is 0 Å². The van der Waals surface area contributed by atoms with E-state index < -0.39 is 6.67 Å². The molecular weight excluding hydrogens is 272 g/mol. The normalized spacial score (nSPS) is 11.9. The predicted octanol–water partition coefficient (Wildman–Crippen LogP) is 2.94. The van der Waals surface area contributed by atoms with Crippen LogP contribution in [0.1, 0.15) is 18.0 Å². The zero-order valence-corrected chi connectivity index (χ0v) is 9.81. The Morgan fingerprint density at radius 2 is 2.14 bits per heavy atom. The summed E-state index contributed by atoms with van der Waals surface area (Å²) in [6, 6.07) is 4.43. The van der Waals surface area contributed by atoms with Crippen molar-refractivity contribution in [3.63, 3.8) is 0 Å². The monoisotopic (exact) mass is 283 g/mol. The van der Waals surface area contributed by atoms with Crippen LogP contribution in [0.3, 0.4) is 0 Å². The summed E-state index contributed by atoms with van der Waals surface area (Å²) in [6.07, 6.45) is 0.266. The number of aromatic hydroxyl groups is 1. The van der Waals surface area contributed by atoms with Crippen LogP contribution < -0.4 is 5.73 Å². The van der Waals surface area contributed by atoms with Gasteiger partial charge in [-0.25, -0.2) is 0 Å². The van der Waals surface area contributed by atoms with E-state index in [0.29, 0.717) is 0 Å². The molecule has 0 aliphatic rings. The lowest BCUT2D eigenvalue weighted by atomic mass is 10.1. The molecule has 0 radical (unpaired) electrons. The minimum absolute atomic E-state index is 0. The van der Waals surface area contributed by atoms with Gasteiger partial charge in [0.1, 0.15) is 5.75 Å². The molecule has 1 aromatic rings. The Morgan fingerprint density at radius 3 is 2.71 bits per heavy atom. The van der Waals surface area contributed by atoms with Gasteiger partial charge in [-0.05, 0) is 30.2 Å². The molecule has 0 saturated carbocycles. The maximum Gasteiger partial charge on any atom is 0.115 e. The van der Waals surface area contributed by atoms with E-state index in [9.17, 15) is 9.50 Å². The van der Waals surface area contributed by atoms with Crippen molar-refractivity contribution >= 4 is 28.3 Å². The van der Waals surface area contributed by atoms with Crippen molar-refractivity contribution in [3.8, 4) is 5.75 Å². The van der Waals surface area contributed by atoms with Crippen LogP contribution in [0, 0.1) is 0 Å². The lowest BCUT2D eigenvalue weighted by molar-refractivity contribution is 0.438. The van der Waals surface area contributed by atoms with E-state index in [4.69, 9.17) is 5.73 Å². The summed E-state index contributed by atoms with van der Waals surface area (Å²) in [6.45, 7) is -0.455. The van der Waals surface area contributed by atoms with Crippen LogP contribution in [0.5, 0.6) is 5.75 Å². The summed E-state index contributed by atoms with van der Waals surface area (Å²) >= 11 is 3.29. The maximum atomic E-state index is 12.0. The minimum atomic E-state index is -0.455. The fraction of sp³-hybridized carbons (Fsp3) is 0.333. The molecule has 1 atom stereocenters. The maximum absolute atomic E-state index is 12.0. The number of halogens is 3. The first-order chi connectivity index (χ1) is 6.15. The van der Waals surface area contributed by atoms with Crippen molar-refractivity contribution in [2.75, 3.05) is 6.67 Å². The molecule has 0 saturated heterocycles. The number of nitrogens with two attached hydrogens (primary N) is 1. The number of phenolic OH excluding ortho intramolecular Hbond substituents is 1. The Hall–Kier alpha value is -0.320. The largest absolute Gasteiger partial charge is 0.508 e. The van der Waals surface area contributed by atoms with E-state index in [1.807, 2.05) is 0 Å². The van der Waals surface area contributed by atoms with Crippen LogP contribution in [0.2, 0.25) is 0 Å². The summed E-state index contributed by atoms with van der Waals surface area (Å²) in [4.78, 5) is 0. The van der Waals surface area contributed by atoms with E-state index in [0.717, 1.165) is 10.0 Å². The van der Waals surface area contributed by atoms with Gasteiger partial charge < -0.3 is 10.8 Å². The van der Waals surface area contributed by atoms with Crippen LogP contribution in [-0.4, -0.2) is 11.8 Å². The van der Waals surface area contributed by atoms with Gasteiger partial charge in [-0.15, -0.1) is 12.4 Å². The fourth-order valence-corrected chi connectivity index (χ4v) is 1.63. The summed E-state index contributed by atoms with van der Waals surface area (Å²) in [5, 5.41) is 9.18. The number of phenols is 1. The van der Waals surface area contributed by atoms with Crippen LogP contribution in [0.4, 0.5) is 4.39 Å². The van der Waals surface area contributed by atoms with Crippen molar-refractivity contribution in [2.45, 2.75) is 12.5 Å². The van der Waals surface area contributed by atoms with E-state index in [1.54, 1.807) is 18.2 Å². The zero-order valence-electron chi connectivity index (χ0n) is 7.41. The highest BCUT2D eigenvalue weighted by atomic mass is 79.9. The average Bonchev–Trinajstić information content (AvgIpc) is 2.09. The van der Waals surface area contributed by atoms with Crippen molar-refractivity contribution in [1.82, 2.24) is 0 Å². The topological polar surface area (TPSA) is 46.2 Å². The van der Waals surface area contributed by atoms with E-state index in [-0.39, 0.29) is 30.6 Å². The third kappa shape index (κ3) is 3.44. The summed E-state index contributed by atoms with van der Waals surface area (Å²) < 4.78 is 12.8. The molecule has 1 rings (SSSR count). The predicted molar refractivity (Wildman–Crippen MR) is 60.6 cm³/mol. The van der Waals surface area contributed by atoms with Gasteiger partial charge in [0.2, 0.25) is 0 Å². The number of hydrogen-bond acceptors (Lipinski definition) is 2. The molecule has 0 aromatic heterocycles. The third-order valence-electron chi connectivity index (χ3n) is 1.80. The quantitative estimate of drug-likeness (QED) is 0.896. The number of hydrogen-bond donors (Lipinski definition) is 2. The first kappa shape index (κ1) is 13.7. The zero-order chi connectivity index (χ0) is 9.84. The van der Waals surface area contributed by atoms with Gasteiger partial charge in [-0.3, -0.25) is 4.39 Å². The number of benzene rings is 1. The van der Waals surface area contributed by atoms with Crippen molar-refractivity contribution < 1.29 is 9.50 Å². The van der Waals surface area contributed by atoms with Gasteiger partial charge in [-0.2, -0.15) is 0 Å². The summed E-state index contributed by atoms with van der Waals surface area (Å²) in [7, 11) is 0. The molecule has 14 heavy (non-hydrogen) atoms. The highest BCUT2D eigenvalue weighted by Crippen LogP contribution is 2.27. The third-order valence-corrected chi connectivity index (χ3v) is 2.52. The van der Waals surface area contributed by atoms with Crippen molar-refractivity contribution in [2.24, 2.45) is 5.73 Å². The molecule has 0 aliphatic carbocycles.